The van der Waals surface area contributed by atoms with Crippen LogP contribution in [0.15, 0.2) is 42.7 Å². The first-order valence-electron chi connectivity index (χ1n) is 4.14. The molecule has 1 N–H and O–H groups in total. The van der Waals surface area contributed by atoms with Crippen molar-refractivity contribution in [2.75, 3.05) is 5.32 Å². The summed E-state index contributed by atoms with van der Waals surface area (Å²) in [6.45, 7) is 0. The lowest BCUT2D eigenvalue weighted by atomic mass is 10.3. The maximum Gasteiger partial charge on any atom is 0.227 e. The number of benzene rings is 1. The average molecular weight is 226 g/mol. The Morgan fingerprint density at radius 2 is 1.60 bits per heavy atom. The molecule has 2 aromatic rings. The van der Waals surface area contributed by atoms with Crippen LogP contribution in [0.2, 0.25) is 0 Å². The number of anilines is 2. The van der Waals surface area contributed by atoms with E-state index in [4.69, 9.17) is 0 Å². The maximum absolute atomic E-state index is 12.6. The van der Waals surface area contributed by atoms with Gasteiger partial charge in [-0.05, 0) is 30.3 Å². The van der Waals surface area contributed by atoms with E-state index < -0.39 is 0 Å². The minimum atomic E-state index is -0.260. The Morgan fingerprint density at radius 3 is 2.20 bits per heavy atom. The average Bonchev–Trinajstić information content (AvgIpc) is 2.23. The van der Waals surface area contributed by atoms with E-state index in [0.29, 0.717) is 5.95 Å². The van der Waals surface area contributed by atoms with E-state index in [0.717, 1.165) is 5.69 Å². The summed E-state index contributed by atoms with van der Waals surface area (Å²) in [6, 6.07) is 7.75. The van der Waals surface area contributed by atoms with Crippen molar-refractivity contribution in [3.05, 3.63) is 48.5 Å². The summed E-state index contributed by atoms with van der Waals surface area (Å²) in [6.07, 6.45) is 3.28. The normalized spacial score (nSPS) is 9.13. The van der Waals surface area contributed by atoms with E-state index in [2.05, 4.69) is 15.3 Å². The van der Waals surface area contributed by atoms with Gasteiger partial charge in [-0.15, -0.1) is 12.4 Å². The second-order valence-electron chi connectivity index (χ2n) is 2.70. The smallest absolute Gasteiger partial charge is 0.227 e. The molecule has 0 aliphatic carbocycles. The molecule has 2 rings (SSSR count). The third-order valence-corrected chi connectivity index (χ3v) is 1.67. The molecule has 5 heteroatoms. The van der Waals surface area contributed by atoms with Crippen LogP contribution in [-0.4, -0.2) is 9.97 Å². The van der Waals surface area contributed by atoms with E-state index in [-0.39, 0.29) is 18.2 Å². The highest BCUT2D eigenvalue weighted by Gasteiger charge is 1.95. The third-order valence-electron chi connectivity index (χ3n) is 1.67. The molecule has 0 aliphatic heterocycles. The second kappa shape index (κ2) is 5.26. The Balaban J connectivity index is 0.00000112. The van der Waals surface area contributed by atoms with Crippen LogP contribution in [0.5, 0.6) is 0 Å². The van der Waals surface area contributed by atoms with Gasteiger partial charge in [0.25, 0.3) is 0 Å². The molecule has 15 heavy (non-hydrogen) atoms. The summed E-state index contributed by atoms with van der Waals surface area (Å²) >= 11 is 0. The van der Waals surface area contributed by atoms with Gasteiger partial charge in [0.05, 0.1) is 0 Å². The third kappa shape index (κ3) is 3.18. The van der Waals surface area contributed by atoms with Crippen molar-refractivity contribution in [2.45, 2.75) is 0 Å². The molecule has 0 radical (unpaired) electrons. The summed E-state index contributed by atoms with van der Waals surface area (Å²) in [5.41, 5.74) is 0.762. The number of nitrogens with zero attached hydrogens (tertiary/aromatic N) is 2. The van der Waals surface area contributed by atoms with Gasteiger partial charge in [-0.2, -0.15) is 0 Å². The zero-order valence-corrected chi connectivity index (χ0v) is 8.54. The fourth-order valence-electron chi connectivity index (χ4n) is 1.03. The highest BCUT2D eigenvalue weighted by atomic mass is 35.5. The second-order valence-corrected chi connectivity index (χ2v) is 2.70. The number of aromatic nitrogens is 2. The van der Waals surface area contributed by atoms with Crippen molar-refractivity contribution >= 4 is 24.0 Å². The zero-order valence-electron chi connectivity index (χ0n) is 7.72. The van der Waals surface area contributed by atoms with Gasteiger partial charge in [-0.3, -0.25) is 0 Å². The lowest BCUT2D eigenvalue weighted by Crippen LogP contribution is -1.95. The fraction of sp³-hybridized carbons (Fsp3) is 0. The monoisotopic (exact) mass is 225 g/mol. The van der Waals surface area contributed by atoms with Gasteiger partial charge >= 0.3 is 0 Å². The first kappa shape index (κ1) is 11.4. The highest BCUT2D eigenvalue weighted by Crippen LogP contribution is 2.11. The first-order valence-corrected chi connectivity index (χ1v) is 4.14. The molecular formula is C10H9ClFN3. The molecule has 0 atom stereocenters. The molecule has 0 saturated carbocycles. The molecule has 1 aromatic heterocycles. The van der Waals surface area contributed by atoms with Crippen molar-refractivity contribution in [1.82, 2.24) is 9.97 Å². The quantitative estimate of drug-likeness (QED) is 0.854. The molecule has 0 fully saturated rings. The summed E-state index contributed by atoms with van der Waals surface area (Å²) in [7, 11) is 0. The topological polar surface area (TPSA) is 37.8 Å². The molecule has 1 aromatic carbocycles. The number of hydrogen-bond acceptors (Lipinski definition) is 3. The molecule has 0 bridgehead atoms. The Bertz CT molecular complexity index is 405. The van der Waals surface area contributed by atoms with Gasteiger partial charge in [0.1, 0.15) is 5.82 Å². The van der Waals surface area contributed by atoms with Crippen molar-refractivity contribution in [1.29, 1.82) is 0 Å². The summed E-state index contributed by atoms with van der Waals surface area (Å²) < 4.78 is 12.6. The first-order chi connectivity index (χ1) is 6.84. The molecule has 0 spiro atoms. The van der Waals surface area contributed by atoms with E-state index in [1.54, 1.807) is 30.6 Å². The molecule has 0 aliphatic rings. The van der Waals surface area contributed by atoms with E-state index in [1.807, 2.05) is 0 Å². The molecule has 1 heterocycles. The van der Waals surface area contributed by atoms with Crippen LogP contribution in [0.3, 0.4) is 0 Å². The number of halogens is 2. The summed E-state index contributed by atoms with van der Waals surface area (Å²) in [4.78, 5) is 7.96. The van der Waals surface area contributed by atoms with Crippen LogP contribution in [0.25, 0.3) is 0 Å². The molecule has 78 valence electrons. The van der Waals surface area contributed by atoms with Gasteiger partial charge in [0.2, 0.25) is 5.95 Å². The number of rotatable bonds is 2. The van der Waals surface area contributed by atoms with Crippen molar-refractivity contribution < 1.29 is 4.39 Å². The van der Waals surface area contributed by atoms with Crippen LogP contribution >= 0.6 is 12.4 Å². The maximum atomic E-state index is 12.6. The van der Waals surface area contributed by atoms with Crippen molar-refractivity contribution in [3.8, 4) is 0 Å². The van der Waals surface area contributed by atoms with E-state index in [1.165, 1.54) is 12.1 Å². The van der Waals surface area contributed by atoms with Gasteiger partial charge in [-0.25, -0.2) is 14.4 Å². The molecule has 0 amide bonds. The Labute approximate surface area is 92.8 Å². The zero-order chi connectivity index (χ0) is 9.80. The molecule has 0 unspecified atom stereocenters. The predicted molar refractivity (Wildman–Crippen MR) is 59.0 cm³/mol. The van der Waals surface area contributed by atoms with Crippen LogP contribution in [-0.2, 0) is 0 Å². The lowest BCUT2D eigenvalue weighted by molar-refractivity contribution is 0.628. The standard InChI is InChI=1S/C10H8FN3.ClH/c11-8-2-4-9(5-3-8)14-10-12-6-1-7-13-10;/h1-7H,(H,12,13,14);1H. The minimum absolute atomic E-state index is 0. The number of hydrogen-bond donors (Lipinski definition) is 1. The predicted octanol–water partition coefficient (Wildman–Crippen LogP) is 2.78. The van der Waals surface area contributed by atoms with Crippen LogP contribution in [0.4, 0.5) is 16.0 Å². The lowest BCUT2D eigenvalue weighted by Gasteiger charge is -2.02. The van der Waals surface area contributed by atoms with E-state index >= 15 is 0 Å². The van der Waals surface area contributed by atoms with Crippen LogP contribution in [0.1, 0.15) is 0 Å². The van der Waals surface area contributed by atoms with Crippen LogP contribution < -0.4 is 5.32 Å². The van der Waals surface area contributed by atoms with E-state index in [9.17, 15) is 4.39 Å². The van der Waals surface area contributed by atoms with Gasteiger partial charge in [-0.1, -0.05) is 0 Å². The van der Waals surface area contributed by atoms with Gasteiger partial charge in [0, 0.05) is 18.1 Å². The Kier molecular flexibility index (Phi) is 4.00. The SMILES string of the molecule is Cl.Fc1ccc(Nc2ncccn2)cc1. The Morgan fingerprint density at radius 1 is 1.00 bits per heavy atom. The number of nitrogens with one attached hydrogen (secondary N) is 1. The fourth-order valence-corrected chi connectivity index (χ4v) is 1.03. The minimum Gasteiger partial charge on any atom is -0.324 e. The molecule has 3 nitrogen and oxygen atoms in total. The molecule has 0 saturated heterocycles. The van der Waals surface area contributed by atoms with Crippen molar-refractivity contribution in [3.63, 3.8) is 0 Å². The highest BCUT2D eigenvalue weighted by molar-refractivity contribution is 5.85. The largest absolute Gasteiger partial charge is 0.324 e. The summed E-state index contributed by atoms with van der Waals surface area (Å²) in [5, 5.41) is 2.94. The summed E-state index contributed by atoms with van der Waals surface area (Å²) in [5.74, 6) is 0.239. The van der Waals surface area contributed by atoms with Gasteiger partial charge < -0.3 is 5.32 Å². The van der Waals surface area contributed by atoms with Crippen LogP contribution in [0, 0.1) is 5.82 Å². The van der Waals surface area contributed by atoms with Crippen molar-refractivity contribution in [2.24, 2.45) is 0 Å². The molecular weight excluding hydrogens is 217 g/mol. The van der Waals surface area contributed by atoms with Gasteiger partial charge in [0.15, 0.2) is 0 Å². The Hall–Kier alpha value is -1.68.